The number of hydrogen-bond acceptors (Lipinski definition) is 7. The lowest BCUT2D eigenvalue weighted by Crippen LogP contribution is -2.36. The summed E-state index contributed by atoms with van der Waals surface area (Å²) in [5.41, 5.74) is 1.40. The van der Waals surface area contributed by atoms with Gasteiger partial charge in [-0.2, -0.15) is 0 Å². The first-order valence-electron chi connectivity index (χ1n) is 9.33. The lowest BCUT2D eigenvalue weighted by Gasteiger charge is -2.31. The third kappa shape index (κ3) is 5.21. The van der Waals surface area contributed by atoms with Crippen LogP contribution in [-0.2, 0) is 28.6 Å². The maximum atomic E-state index is 12.9. The maximum absolute atomic E-state index is 12.9. The second-order valence-corrected chi connectivity index (χ2v) is 7.47. The minimum Gasteiger partial charge on any atom is -0.468 e. The molecule has 0 aliphatic carbocycles. The molecular formula is C21H23Cl2NO6. The van der Waals surface area contributed by atoms with E-state index in [2.05, 4.69) is 4.99 Å². The predicted molar refractivity (Wildman–Crippen MR) is 112 cm³/mol. The molecule has 1 aliphatic heterocycles. The fourth-order valence-corrected chi connectivity index (χ4v) is 3.76. The third-order valence-corrected chi connectivity index (χ3v) is 5.52. The number of carbonyl (C=O) groups excluding carboxylic acids is 3. The number of esters is 3. The normalized spacial score (nSPS) is 18.5. The Kier molecular flexibility index (Phi) is 8.43. The summed E-state index contributed by atoms with van der Waals surface area (Å²) in [6.07, 6.45) is 0.828. The van der Waals surface area contributed by atoms with Crippen LogP contribution in [0, 0.1) is 5.92 Å². The van der Waals surface area contributed by atoms with E-state index in [0.717, 1.165) is 0 Å². The summed E-state index contributed by atoms with van der Waals surface area (Å²) in [4.78, 5) is 41.4. The molecule has 9 heteroatoms. The van der Waals surface area contributed by atoms with Gasteiger partial charge in [-0.1, -0.05) is 42.3 Å². The predicted octanol–water partition coefficient (Wildman–Crippen LogP) is 4.46. The molecule has 0 saturated carbocycles. The molecule has 0 amide bonds. The fourth-order valence-electron chi connectivity index (χ4n) is 3.33. The summed E-state index contributed by atoms with van der Waals surface area (Å²) >= 11 is 12.6. The molecule has 1 unspecified atom stereocenters. The Morgan fingerprint density at radius 2 is 1.83 bits per heavy atom. The summed E-state index contributed by atoms with van der Waals surface area (Å²) in [7, 11) is 1.25. The van der Waals surface area contributed by atoms with Gasteiger partial charge in [0.15, 0.2) is 0 Å². The van der Waals surface area contributed by atoms with Crippen molar-refractivity contribution in [2.45, 2.75) is 39.5 Å². The van der Waals surface area contributed by atoms with Crippen molar-refractivity contribution in [3.05, 3.63) is 45.1 Å². The molecule has 0 bridgehead atoms. The molecule has 1 heterocycles. The van der Waals surface area contributed by atoms with Crippen LogP contribution < -0.4 is 0 Å². The number of hydrogen-bond donors (Lipinski definition) is 0. The summed E-state index contributed by atoms with van der Waals surface area (Å²) in [5.74, 6) is -3.57. The Morgan fingerprint density at radius 1 is 1.13 bits per heavy atom. The molecule has 7 nitrogen and oxygen atoms in total. The summed E-state index contributed by atoms with van der Waals surface area (Å²) in [5, 5.41) is 0.483. The van der Waals surface area contributed by atoms with Crippen LogP contribution >= 0.6 is 23.2 Å². The highest BCUT2D eigenvalue weighted by Crippen LogP contribution is 2.44. The number of nitrogens with zero attached hydrogens (tertiary/aromatic N) is 1. The van der Waals surface area contributed by atoms with Gasteiger partial charge in [0.25, 0.3) is 0 Å². The van der Waals surface area contributed by atoms with E-state index in [1.54, 1.807) is 32.0 Å². The first kappa shape index (κ1) is 23.9. The lowest BCUT2D eigenvalue weighted by atomic mass is 9.75. The number of methoxy groups -OCH3 is 1. The van der Waals surface area contributed by atoms with Gasteiger partial charge < -0.3 is 14.2 Å². The fraction of sp³-hybridized carbons (Fsp3) is 0.429. The molecule has 1 aliphatic rings. The molecule has 0 spiro atoms. The van der Waals surface area contributed by atoms with Gasteiger partial charge in [0.2, 0.25) is 6.79 Å². The molecule has 1 aromatic carbocycles. The average molecular weight is 456 g/mol. The first-order chi connectivity index (χ1) is 14.2. The van der Waals surface area contributed by atoms with E-state index in [1.807, 2.05) is 6.92 Å². The van der Waals surface area contributed by atoms with Crippen LogP contribution in [0.15, 0.2) is 34.5 Å². The van der Waals surface area contributed by atoms with Crippen LogP contribution in [0.5, 0.6) is 0 Å². The van der Waals surface area contributed by atoms with Crippen LogP contribution in [0.4, 0.5) is 0 Å². The minimum absolute atomic E-state index is 0.117. The standard InChI is InChI=1S/C21H23Cl2NO6/c1-5-7-15(25)29-10-30-21(27)17-12(3)24-11(2)16(20(26)28-4)18(17)13-8-6-9-14(22)19(13)23/h6,8-9,16,18H,5,7,10H2,1-4H3/t16?,18-/m0/s1. The number of allylic oxidation sites excluding steroid dienone is 1. The number of ether oxygens (including phenoxy) is 3. The summed E-state index contributed by atoms with van der Waals surface area (Å²) in [6.45, 7) is 4.58. The molecule has 30 heavy (non-hydrogen) atoms. The van der Waals surface area contributed by atoms with Gasteiger partial charge in [-0.25, -0.2) is 4.79 Å². The molecule has 2 rings (SSSR count). The van der Waals surface area contributed by atoms with Gasteiger partial charge in [0, 0.05) is 23.7 Å². The van der Waals surface area contributed by atoms with Crippen molar-refractivity contribution in [3.63, 3.8) is 0 Å². The van der Waals surface area contributed by atoms with E-state index >= 15 is 0 Å². The minimum atomic E-state index is -0.903. The molecule has 2 atom stereocenters. The van der Waals surface area contributed by atoms with E-state index in [1.165, 1.54) is 7.11 Å². The molecule has 162 valence electrons. The Hall–Kier alpha value is -2.38. The van der Waals surface area contributed by atoms with Crippen molar-refractivity contribution in [1.29, 1.82) is 0 Å². The molecule has 0 fully saturated rings. The van der Waals surface area contributed by atoms with Crippen LogP contribution in [0.2, 0.25) is 10.0 Å². The quantitative estimate of drug-likeness (QED) is 0.445. The molecule has 0 N–H and O–H groups in total. The summed E-state index contributed by atoms with van der Waals surface area (Å²) < 4.78 is 15.0. The Morgan fingerprint density at radius 3 is 2.47 bits per heavy atom. The van der Waals surface area contributed by atoms with Crippen LogP contribution in [0.1, 0.15) is 45.1 Å². The van der Waals surface area contributed by atoms with Gasteiger partial charge in [-0.3, -0.25) is 14.6 Å². The Bertz CT molecular complexity index is 909. The van der Waals surface area contributed by atoms with E-state index in [-0.39, 0.29) is 22.0 Å². The first-order valence-corrected chi connectivity index (χ1v) is 10.1. The zero-order valence-corrected chi connectivity index (χ0v) is 18.7. The van der Waals surface area contributed by atoms with E-state index in [9.17, 15) is 14.4 Å². The SMILES string of the molecule is CCCC(=O)OCOC(=O)C1=C(C)N=C(C)C(C(=O)OC)[C@@H]1c1cccc(Cl)c1Cl. The number of rotatable bonds is 7. The smallest absolute Gasteiger partial charge is 0.339 e. The highest BCUT2D eigenvalue weighted by molar-refractivity contribution is 6.42. The van der Waals surface area contributed by atoms with E-state index in [0.29, 0.717) is 23.4 Å². The number of halogens is 2. The van der Waals surface area contributed by atoms with Gasteiger partial charge in [-0.05, 0) is 31.9 Å². The zero-order chi connectivity index (χ0) is 22.4. The Labute approximate surface area is 185 Å². The summed E-state index contributed by atoms with van der Waals surface area (Å²) in [6, 6.07) is 4.95. The van der Waals surface area contributed by atoms with E-state index < -0.39 is 36.5 Å². The van der Waals surface area contributed by atoms with Crippen molar-refractivity contribution in [1.82, 2.24) is 0 Å². The number of benzene rings is 1. The van der Waals surface area contributed by atoms with Gasteiger partial charge in [-0.15, -0.1) is 0 Å². The molecule has 0 aromatic heterocycles. The number of aliphatic imine (C=N–C) groups is 1. The van der Waals surface area contributed by atoms with Crippen molar-refractivity contribution in [3.8, 4) is 0 Å². The third-order valence-electron chi connectivity index (χ3n) is 4.68. The van der Waals surface area contributed by atoms with E-state index in [4.69, 9.17) is 37.4 Å². The van der Waals surface area contributed by atoms with Crippen molar-refractivity contribution in [2.24, 2.45) is 10.9 Å². The van der Waals surface area contributed by atoms with Crippen molar-refractivity contribution in [2.75, 3.05) is 13.9 Å². The second kappa shape index (κ2) is 10.6. The Balaban J connectivity index is 2.46. The second-order valence-electron chi connectivity index (χ2n) is 6.69. The largest absolute Gasteiger partial charge is 0.468 e. The highest BCUT2D eigenvalue weighted by atomic mass is 35.5. The van der Waals surface area contributed by atoms with Crippen molar-refractivity contribution < 1.29 is 28.6 Å². The highest BCUT2D eigenvalue weighted by Gasteiger charge is 2.43. The number of carbonyl (C=O) groups is 3. The van der Waals surface area contributed by atoms with Crippen LogP contribution in [0.3, 0.4) is 0 Å². The van der Waals surface area contributed by atoms with Gasteiger partial charge in [0.05, 0.1) is 22.7 Å². The van der Waals surface area contributed by atoms with Crippen molar-refractivity contribution >= 4 is 46.8 Å². The lowest BCUT2D eigenvalue weighted by molar-refractivity contribution is -0.164. The van der Waals surface area contributed by atoms with Gasteiger partial charge in [0.1, 0.15) is 5.92 Å². The molecular weight excluding hydrogens is 433 g/mol. The van der Waals surface area contributed by atoms with Crippen LogP contribution in [0.25, 0.3) is 0 Å². The maximum Gasteiger partial charge on any atom is 0.339 e. The zero-order valence-electron chi connectivity index (χ0n) is 17.2. The monoisotopic (exact) mass is 455 g/mol. The molecule has 1 aromatic rings. The molecule has 0 radical (unpaired) electrons. The van der Waals surface area contributed by atoms with Crippen LogP contribution in [-0.4, -0.2) is 37.5 Å². The topological polar surface area (TPSA) is 91.3 Å². The van der Waals surface area contributed by atoms with Gasteiger partial charge >= 0.3 is 17.9 Å². The molecule has 0 saturated heterocycles. The average Bonchev–Trinajstić information content (AvgIpc) is 2.69.